The Morgan fingerprint density at radius 1 is 1.73 bits per heavy atom. The van der Waals surface area contributed by atoms with Gasteiger partial charge in [0.25, 0.3) is 0 Å². The first-order chi connectivity index (χ1) is 5.24. The molecule has 3 N–H and O–H groups in total. The van der Waals surface area contributed by atoms with Crippen molar-refractivity contribution in [2.75, 3.05) is 6.54 Å². The summed E-state index contributed by atoms with van der Waals surface area (Å²) in [7, 11) is 0. The molecule has 1 aromatic rings. The highest BCUT2D eigenvalue weighted by molar-refractivity contribution is 9.11. The van der Waals surface area contributed by atoms with Crippen LogP contribution in [0, 0.1) is 0 Å². The Kier molecular flexibility index (Phi) is 3.51. The third kappa shape index (κ3) is 2.56. The van der Waals surface area contributed by atoms with Crippen LogP contribution in [0.25, 0.3) is 0 Å². The zero-order chi connectivity index (χ0) is 8.27. The molecule has 0 aliphatic heterocycles. The summed E-state index contributed by atoms with van der Waals surface area (Å²) in [6.07, 6.45) is 0.224. The van der Waals surface area contributed by atoms with Crippen molar-refractivity contribution in [2.45, 2.75) is 12.5 Å². The first-order valence-corrected chi connectivity index (χ1v) is 5.01. The summed E-state index contributed by atoms with van der Waals surface area (Å²) in [5.41, 5.74) is 6.41. The maximum atomic E-state index is 9.21. The van der Waals surface area contributed by atoms with Crippen molar-refractivity contribution in [1.82, 2.24) is 0 Å². The molecule has 0 aliphatic rings. The summed E-state index contributed by atoms with van der Waals surface area (Å²) in [6, 6.07) is 1.99. The molecule has 4 heteroatoms. The van der Waals surface area contributed by atoms with E-state index in [0.717, 1.165) is 9.35 Å². The Balaban J connectivity index is 2.56. The van der Waals surface area contributed by atoms with Gasteiger partial charge in [0.1, 0.15) is 0 Å². The molecule has 0 amide bonds. The Bertz CT molecular complexity index is 226. The molecule has 1 unspecified atom stereocenters. The van der Waals surface area contributed by atoms with Crippen LogP contribution in [0.15, 0.2) is 15.2 Å². The molecule has 1 rings (SSSR count). The highest BCUT2D eigenvalue weighted by Gasteiger charge is 2.06. The van der Waals surface area contributed by atoms with E-state index in [1.54, 1.807) is 11.3 Å². The van der Waals surface area contributed by atoms with Crippen LogP contribution in [0.3, 0.4) is 0 Å². The lowest BCUT2D eigenvalue weighted by Crippen LogP contribution is -2.21. The van der Waals surface area contributed by atoms with Gasteiger partial charge in [0.2, 0.25) is 0 Å². The molecule has 0 aliphatic carbocycles. The zero-order valence-electron chi connectivity index (χ0n) is 5.96. The summed E-state index contributed by atoms with van der Waals surface area (Å²) in [5.74, 6) is 0. The molecule has 2 nitrogen and oxygen atoms in total. The van der Waals surface area contributed by atoms with Gasteiger partial charge in [-0.25, -0.2) is 0 Å². The molecular weight excluding hydrogens is 226 g/mol. The Morgan fingerprint density at radius 3 is 2.91 bits per heavy atom. The molecule has 0 bridgehead atoms. The van der Waals surface area contributed by atoms with Gasteiger partial charge in [-0.3, -0.25) is 0 Å². The second kappa shape index (κ2) is 4.21. The van der Waals surface area contributed by atoms with Crippen molar-refractivity contribution in [3.8, 4) is 0 Å². The molecule has 1 heterocycles. The van der Waals surface area contributed by atoms with Gasteiger partial charge in [-0.15, -0.1) is 11.3 Å². The molecule has 0 fully saturated rings. The maximum Gasteiger partial charge on any atom is 0.0731 e. The minimum absolute atomic E-state index is 0.322. The summed E-state index contributed by atoms with van der Waals surface area (Å²) < 4.78 is 1.09. The predicted molar refractivity (Wildman–Crippen MR) is 50.8 cm³/mol. The van der Waals surface area contributed by atoms with E-state index in [2.05, 4.69) is 15.9 Å². The number of hydrogen-bond acceptors (Lipinski definition) is 3. The number of halogens is 1. The summed E-state index contributed by atoms with van der Waals surface area (Å²) in [4.78, 5) is 0. The SMILES string of the molecule is NCC(O)Cc1ccsc1Br. The van der Waals surface area contributed by atoms with E-state index in [9.17, 15) is 5.11 Å². The van der Waals surface area contributed by atoms with Crippen LogP contribution >= 0.6 is 27.3 Å². The fraction of sp³-hybridized carbons (Fsp3) is 0.429. The third-order valence-electron chi connectivity index (χ3n) is 1.42. The van der Waals surface area contributed by atoms with Crippen molar-refractivity contribution < 1.29 is 5.11 Å². The maximum absolute atomic E-state index is 9.21. The number of hydrogen-bond donors (Lipinski definition) is 2. The van der Waals surface area contributed by atoms with E-state index in [-0.39, 0.29) is 0 Å². The van der Waals surface area contributed by atoms with Crippen molar-refractivity contribution in [3.05, 3.63) is 20.8 Å². The lowest BCUT2D eigenvalue weighted by molar-refractivity contribution is 0.183. The van der Waals surface area contributed by atoms with Gasteiger partial charge in [0.15, 0.2) is 0 Å². The van der Waals surface area contributed by atoms with Crippen molar-refractivity contribution in [3.63, 3.8) is 0 Å². The van der Waals surface area contributed by atoms with Crippen LogP contribution < -0.4 is 5.73 Å². The normalized spacial score (nSPS) is 13.4. The van der Waals surface area contributed by atoms with Crippen molar-refractivity contribution in [2.24, 2.45) is 5.73 Å². The number of aliphatic hydroxyl groups is 1. The average Bonchev–Trinajstić information content (AvgIpc) is 2.37. The fourth-order valence-corrected chi connectivity index (χ4v) is 2.07. The van der Waals surface area contributed by atoms with Gasteiger partial charge in [-0.2, -0.15) is 0 Å². The zero-order valence-corrected chi connectivity index (χ0v) is 8.36. The van der Waals surface area contributed by atoms with Crippen LogP contribution in [-0.4, -0.2) is 17.8 Å². The molecule has 0 saturated carbocycles. The summed E-state index contributed by atoms with van der Waals surface area (Å²) in [6.45, 7) is 0.322. The molecule has 1 atom stereocenters. The minimum Gasteiger partial charge on any atom is -0.391 e. The van der Waals surface area contributed by atoms with Gasteiger partial charge in [-0.1, -0.05) is 0 Å². The number of aliphatic hydroxyl groups excluding tert-OH is 1. The standard InChI is InChI=1S/C7H10BrNOS/c8-7-5(1-2-11-7)3-6(10)4-9/h1-2,6,10H,3-4,9H2. The van der Waals surface area contributed by atoms with Crippen molar-refractivity contribution >= 4 is 27.3 Å². The fourth-order valence-electron chi connectivity index (χ4n) is 0.803. The Morgan fingerprint density at radius 2 is 2.45 bits per heavy atom. The van der Waals surface area contributed by atoms with Gasteiger partial charge < -0.3 is 10.8 Å². The van der Waals surface area contributed by atoms with Gasteiger partial charge >= 0.3 is 0 Å². The topological polar surface area (TPSA) is 46.2 Å². The lowest BCUT2D eigenvalue weighted by atomic mass is 10.1. The van der Waals surface area contributed by atoms with E-state index in [4.69, 9.17) is 5.73 Å². The largest absolute Gasteiger partial charge is 0.391 e. The first-order valence-electron chi connectivity index (χ1n) is 3.34. The number of thiophene rings is 1. The molecule has 0 aromatic carbocycles. The van der Waals surface area contributed by atoms with Crippen LogP contribution in [0.2, 0.25) is 0 Å². The molecule has 0 spiro atoms. The molecular formula is C7H10BrNOS. The predicted octanol–water partition coefficient (Wildman–Crippen LogP) is 1.37. The van der Waals surface area contributed by atoms with E-state index in [0.29, 0.717) is 13.0 Å². The minimum atomic E-state index is -0.416. The van der Waals surface area contributed by atoms with Crippen molar-refractivity contribution in [1.29, 1.82) is 0 Å². The molecule has 0 radical (unpaired) electrons. The van der Waals surface area contributed by atoms with E-state index >= 15 is 0 Å². The average molecular weight is 236 g/mol. The lowest BCUT2D eigenvalue weighted by Gasteiger charge is -2.05. The van der Waals surface area contributed by atoms with Gasteiger partial charge in [0, 0.05) is 13.0 Å². The second-order valence-electron chi connectivity index (χ2n) is 2.31. The Labute approximate surface area is 78.2 Å². The molecule has 11 heavy (non-hydrogen) atoms. The van der Waals surface area contributed by atoms with Crippen LogP contribution in [-0.2, 0) is 6.42 Å². The number of rotatable bonds is 3. The molecule has 62 valence electrons. The van der Waals surface area contributed by atoms with E-state index < -0.39 is 6.10 Å². The van der Waals surface area contributed by atoms with Gasteiger partial charge in [-0.05, 0) is 32.9 Å². The van der Waals surface area contributed by atoms with E-state index in [1.165, 1.54) is 0 Å². The van der Waals surface area contributed by atoms with Crippen LogP contribution in [0.4, 0.5) is 0 Å². The Hall–Kier alpha value is 0.100. The van der Waals surface area contributed by atoms with Crippen LogP contribution in [0.5, 0.6) is 0 Å². The van der Waals surface area contributed by atoms with Crippen LogP contribution in [0.1, 0.15) is 5.56 Å². The third-order valence-corrected chi connectivity index (χ3v) is 3.23. The monoisotopic (exact) mass is 235 g/mol. The second-order valence-corrected chi connectivity index (χ2v) is 4.55. The van der Waals surface area contributed by atoms with E-state index in [1.807, 2.05) is 11.4 Å². The highest BCUT2D eigenvalue weighted by atomic mass is 79.9. The quantitative estimate of drug-likeness (QED) is 0.832. The summed E-state index contributed by atoms with van der Waals surface area (Å²) >= 11 is 5.01. The molecule has 1 aromatic heterocycles. The molecule has 0 saturated heterocycles. The highest BCUT2D eigenvalue weighted by Crippen LogP contribution is 2.24. The number of nitrogens with two attached hydrogens (primary N) is 1. The summed E-state index contributed by atoms with van der Waals surface area (Å²) in [5, 5.41) is 11.2. The first kappa shape index (κ1) is 9.19. The smallest absolute Gasteiger partial charge is 0.0731 e. The van der Waals surface area contributed by atoms with Gasteiger partial charge in [0.05, 0.1) is 9.89 Å².